The lowest BCUT2D eigenvalue weighted by atomic mass is 10.1. The molecule has 0 aliphatic rings. The Morgan fingerprint density at radius 1 is 1.15 bits per heavy atom. The van der Waals surface area contributed by atoms with E-state index in [4.69, 9.17) is 11.6 Å². The van der Waals surface area contributed by atoms with Crippen LogP contribution in [0.15, 0.2) is 36.5 Å². The molecular formula is C18H17ClF3N3O2. The van der Waals surface area contributed by atoms with Crippen LogP contribution < -0.4 is 10.6 Å². The van der Waals surface area contributed by atoms with Gasteiger partial charge >= 0.3 is 6.18 Å². The van der Waals surface area contributed by atoms with Crippen molar-refractivity contribution in [1.29, 1.82) is 0 Å². The molecule has 0 bridgehead atoms. The summed E-state index contributed by atoms with van der Waals surface area (Å²) in [6.07, 6.45) is -1.74. The zero-order valence-corrected chi connectivity index (χ0v) is 15.1. The van der Waals surface area contributed by atoms with Crippen LogP contribution >= 0.6 is 11.6 Å². The molecule has 1 aromatic heterocycles. The van der Waals surface area contributed by atoms with Crippen molar-refractivity contribution in [3.8, 4) is 0 Å². The second kappa shape index (κ2) is 8.85. The van der Waals surface area contributed by atoms with Crippen molar-refractivity contribution in [3.63, 3.8) is 0 Å². The molecule has 0 fully saturated rings. The monoisotopic (exact) mass is 399 g/mol. The Kier molecular flexibility index (Phi) is 6.79. The molecule has 2 amide bonds. The first kappa shape index (κ1) is 20.7. The SMILES string of the molecule is CCCCNC(=O)c1cc(C(=O)Nc2ccc(Cl)cc2C(F)(F)F)ccn1. The number of rotatable bonds is 6. The summed E-state index contributed by atoms with van der Waals surface area (Å²) in [5.74, 6) is -1.26. The van der Waals surface area contributed by atoms with Crippen molar-refractivity contribution in [2.24, 2.45) is 0 Å². The summed E-state index contributed by atoms with van der Waals surface area (Å²) < 4.78 is 39.4. The standard InChI is InChI=1S/C18H17ClF3N3O2/c1-2-3-7-24-17(27)15-9-11(6-8-23-15)16(26)25-14-5-4-12(19)10-13(14)18(20,21)22/h4-6,8-10H,2-3,7H2,1H3,(H,24,27)(H,25,26). The van der Waals surface area contributed by atoms with Crippen molar-refractivity contribution >= 4 is 29.1 Å². The van der Waals surface area contributed by atoms with E-state index in [0.29, 0.717) is 6.54 Å². The molecule has 0 aliphatic heterocycles. The van der Waals surface area contributed by atoms with Gasteiger partial charge in [-0.1, -0.05) is 24.9 Å². The number of amides is 2. The maximum atomic E-state index is 13.1. The van der Waals surface area contributed by atoms with Gasteiger partial charge in [0.25, 0.3) is 11.8 Å². The van der Waals surface area contributed by atoms with E-state index < -0.39 is 29.2 Å². The first-order valence-corrected chi connectivity index (χ1v) is 8.52. The van der Waals surface area contributed by atoms with Gasteiger partial charge in [0.15, 0.2) is 0 Å². The molecule has 0 saturated heterocycles. The smallest absolute Gasteiger partial charge is 0.351 e. The Balaban J connectivity index is 2.20. The summed E-state index contributed by atoms with van der Waals surface area (Å²) in [5, 5.41) is 4.75. The van der Waals surface area contributed by atoms with E-state index in [1.54, 1.807) is 0 Å². The van der Waals surface area contributed by atoms with E-state index in [1.165, 1.54) is 24.4 Å². The molecule has 2 rings (SSSR count). The molecule has 0 atom stereocenters. The fraction of sp³-hybridized carbons (Fsp3) is 0.278. The number of alkyl halides is 3. The molecule has 0 aliphatic carbocycles. The van der Waals surface area contributed by atoms with Crippen molar-refractivity contribution in [2.75, 3.05) is 11.9 Å². The third-order valence-corrected chi connectivity index (χ3v) is 3.84. The Bertz CT molecular complexity index is 841. The highest BCUT2D eigenvalue weighted by Gasteiger charge is 2.34. The number of nitrogens with zero attached hydrogens (tertiary/aromatic N) is 1. The number of unbranched alkanes of at least 4 members (excludes halogenated alkanes) is 1. The van der Waals surface area contributed by atoms with Gasteiger partial charge in [-0.15, -0.1) is 0 Å². The number of aromatic nitrogens is 1. The average molecular weight is 400 g/mol. The highest BCUT2D eigenvalue weighted by atomic mass is 35.5. The van der Waals surface area contributed by atoms with Crippen molar-refractivity contribution in [1.82, 2.24) is 10.3 Å². The van der Waals surface area contributed by atoms with Gasteiger partial charge in [-0.25, -0.2) is 0 Å². The first-order valence-electron chi connectivity index (χ1n) is 8.14. The molecule has 0 radical (unpaired) electrons. The first-order chi connectivity index (χ1) is 12.7. The van der Waals surface area contributed by atoms with Gasteiger partial charge in [0, 0.05) is 23.3 Å². The quantitative estimate of drug-likeness (QED) is 0.701. The largest absolute Gasteiger partial charge is 0.418 e. The minimum absolute atomic E-state index is 0.00547. The highest BCUT2D eigenvalue weighted by Crippen LogP contribution is 2.36. The van der Waals surface area contributed by atoms with E-state index in [-0.39, 0.29) is 16.3 Å². The fourth-order valence-corrected chi connectivity index (χ4v) is 2.39. The van der Waals surface area contributed by atoms with E-state index >= 15 is 0 Å². The molecule has 1 heterocycles. The van der Waals surface area contributed by atoms with Gasteiger partial charge in [-0.3, -0.25) is 14.6 Å². The summed E-state index contributed by atoms with van der Waals surface area (Å²) >= 11 is 5.62. The number of pyridine rings is 1. The summed E-state index contributed by atoms with van der Waals surface area (Å²) in [7, 11) is 0. The van der Waals surface area contributed by atoms with Gasteiger partial charge in [0.05, 0.1) is 11.3 Å². The zero-order chi connectivity index (χ0) is 20.0. The normalized spacial score (nSPS) is 11.1. The van der Waals surface area contributed by atoms with E-state index in [2.05, 4.69) is 15.6 Å². The van der Waals surface area contributed by atoms with Crippen LogP contribution in [0.25, 0.3) is 0 Å². The van der Waals surface area contributed by atoms with E-state index in [1.807, 2.05) is 6.92 Å². The van der Waals surface area contributed by atoms with Gasteiger partial charge in [0.2, 0.25) is 0 Å². The number of carbonyl (C=O) groups is 2. The molecule has 27 heavy (non-hydrogen) atoms. The number of hydrogen-bond donors (Lipinski definition) is 2. The summed E-state index contributed by atoms with van der Waals surface area (Å²) in [6, 6.07) is 5.58. The van der Waals surface area contributed by atoms with Crippen LogP contribution in [-0.2, 0) is 6.18 Å². The molecule has 5 nitrogen and oxygen atoms in total. The second-order valence-electron chi connectivity index (χ2n) is 5.68. The van der Waals surface area contributed by atoms with Gasteiger partial charge < -0.3 is 10.6 Å². The highest BCUT2D eigenvalue weighted by molar-refractivity contribution is 6.30. The molecule has 144 valence electrons. The third-order valence-electron chi connectivity index (χ3n) is 3.61. The maximum absolute atomic E-state index is 13.1. The van der Waals surface area contributed by atoms with Crippen LogP contribution in [-0.4, -0.2) is 23.3 Å². The van der Waals surface area contributed by atoms with Crippen molar-refractivity contribution in [2.45, 2.75) is 25.9 Å². The van der Waals surface area contributed by atoms with Crippen LogP contribution in [0, 0.1) is 0 Å². The summed E-state index contributed by atoms with van der Waals surface area (Å²) in [5.41, 5.74) is -1.47. The molecule has 0 saturated carbocycles. The van der Waals surface area contributed by atoms with Gasteiger partial charge in [-0.2, -0.15) is 13.2 Å². The van der Waals surface area contributed by atoms with Crippen LogP contribution in [0.2, 0.25) is 5.02 Å². The minimum Gasteiger partial charge on any atom is -0.351 e. The number of hydrogen-bond acceptors (Lipinski definition) is 3. The number of anilines is 1. The Morgan fingerprint density at radius 2 is 1.89 bits per heavy atom. The Labute approximate surface area is 158 Å². The molecule has 9 heteroatoms. The van der Waals surface area contributed by atoms with Crippen LogP contribution in [0.3, 0.4) is 0 Å². The lowest BCUT2D eigenvalue weighted by molar-refractivity contribution is -0.136. The number of carbonyl (C=O) groups excluding carboxylic acids is 2. The van der Waals surface area contributed by atoms with Gasteiger partial charge in [0.1, 0.15) is 5.69 Å². The third kappa shape index (κ3) is 5.68. The average Bonchev–Trinajstić information content (AvgIpc) is 2.62. The lowest BCUT2D eigenvalue weighted by Crippen LogP contribution is -2.26. The van der Waals surface area contributed by atoms with Crippen molar-refractivity contribution < 1.29 is 22.8 Å². The second-order valence-corrected chi connectivity index (χ2v) is 6.12. The molecule has 1 aromatic carbocycles. The van der Waals surface area contributed by atoms with Crippen LogP contribution in [0.5, 0.6) is 0 Å². The number of nitrogens with one attached hydrogen (secondary N) is 2. The topological polar surface area (TPSA) is 71.1 Å². The predicted octanol–water partition coefficient (Wildman–Crippen LogP) is 4.54. The zero-order valence-electron chi connectivity index (χ0n) is 14.4. The predicted molar refractivity (Wildman–Crippen MR) is 95.9 cm³/mol. The molecule has 2 N–H and O–H groups in total. The van der Waals surface area contributed by atoms with E-state index in [0.717, 1.165) is 25.0 Å². The minimum atomic E-state index is -4.68. The number of benzene rings is 1. The van der Waals surface area contributed by atoms with Crippen LogP contribution in [0.1, 0.15) is 46.2 Å². The summed E-state index contributed by atoms with van der Waals surface area (Å²) in [6.45, 7) is 2.44. The Morgan fingerprint density at radius 3 is 2.56 bits per heavy atom. The maximum Gasteiger partial charge on any atom is 0.418 e. The van der Waals surface area contributed by atoms with Crippen LogP contribution in [0.4, 0.5) is 18.9 Å². The fourth-order valence-electron chi connectivity index (χ4n) is 2.22. The van der Waals surface area contributed by atoms with Gasteiger partial charge in [-0.05, 0) is 36.8 Å². The summed E-state index contributed by atoms with van der Waals surface area (Å²) in [4.78, 5) is 28.2. The molecule has 0 spiro atoms. The Hall–Kier alpha value is -2.61. The number of halogens is 4. The lowest BCUT2D eigenvalue weighted by Gasteiger charge is -2.14. The van der Waals surface area contributed by atoms with E-state index in [9.17, 15) is 22.8 Å². The molecule has 0 unspecified atom stereocenters. The molecule has 2 aromatic rings. The molecular weight excluding hydrogens is 383 g/mol. The van der Waals surface area contributed by atoms with Crippen molar-refractivity contribution in [3.05, 3.63) is 58.4 Å².